The van der Waals surface area contributed by atoms with E-state index in [0.717, 1.165) is 5.56 Å². The van der Waals surface area contributed by atoms with E-state index in [9.17, 15) is 9.59 Å². The van der Waals surface area contributed by atoms with Gasteiger partial charge in [-0.1, -0.05) is 18.2 Å². The minimum Gasteiger partial charge on any atom is -0.490 e. The van der Waals surface area contributed by atoms with Crippen LogP contribution in [0.2, 0.25) is 0 Å². The summed E-state index contributed by atoms with van der Waals surface area (Å²) in [6, 6.07) is 12.1. The molecule has 25 heavy (non-hydrogen) atoms. The highest BCUT2D eigenvalue weighted by molar-refractivity contribution is 5.95. The number of benzene rings is 2. The maximum Gasteiger partial charge on any atom is 0.337 e. The lowest BCUT2D eigenvalue weighted by atomic mass is 10.1. The van der Waals surface area contributed by atoms with Crippen LogP contribution in [0.1, 0.15) is 22.8 Å². The molecule has 2 aromatic carbocycles. The van der Waals surface area contributed by atoms with Crippen molar-refractivity contribution in [3.05, 3.63) is 53.6 Å². The SMILES string of the molecule is CCOc1ccccc1OCC(=O)Nc1cc(C(=O)OC)ccc1C. The molecule has 0 aromatic heterocycles. The third-order valence-electron chi connectivity index (χ3n) is 3.44. The molecule has 0 radical (unpaired) electrons. The van der Waals surface area contributed by atoms with E-state index in [2.05, 4.69) is 10.1 Å². The minimum atomic E-state index is -0.461. The van der Waals surface area contributed by atoms with Gasteiger partial charge < -0.3 is 19.5 Å². The average molecular weight is 343 g/mol. The molecule has 0 spiro atoms. The molecule has 1 N–H and O–H groups in total. The van der Waals surface area contributed by atoms with Gasteiger partial charge in [0.2, 0.25) is 0 Å². The molecule has 2 aromatic rings. The van der Waals surface area contributed by atoms with Crippen LogP contribution in [0.15, 0.2) is 42.5 Å². The Morgan fingerprint density at radius 1 is 1.04 bits per heavy atom. The number of nitrogens with one attached hydrogen (secondary N) is 1. The van der Waals surface area contributed by atoms with Gasteiger partial charge in [0.15, 0.2) is 18.1 Å². The first-order chi connectivity index (χ1) is 12.0. The van der Waals surface area contributed by atoms with Gasteiger partial charge in [0.25, 0.3) is 5.91 Å². The number of carbonyl (C=O) groups excluding carboxylic acids is 2. The van der Waals surface area contributed by atoms with Crippen molar-refractivity contribution in [2.24, 2.45) is 0 Å². The quantitative estimate of drug-likeness (QED) is 0.782. The summed E-state index contributed by atoms with van der Waals surface area (Å²) in [4.78, 5) is 23.8. The first-order valence-corrected chi connectivity index (χ1v) is 7.88. The predicted octanol–water partition coefficient (Wildman–Crippen LogP) is 3.20. The molecule has 0 saturated carbocycles. The Kier molecular flexibility index (Phi) is 6.39. The van der Waals surface area contributed by atoms with E-state index in [1.54, 1.807) is 36.4 Å². The van der Waals surface area contributed by atoms with Gasteiger partial charge in [0.05, 0.1) is 19.3 Å². The van der Waals surface area contributed by atoms with Crippen LogP contribution in [0.25, 0.3) is 0 Å². The molecule has 132 valence electrons. The molecule has 0 aliphatic heterocycles. The number of hydrogen-bond donors (Lipinski definition) is 1. The Morgan fingerprint density at radius 2 is 1.72 bits per heavy atom. The Hall–Kier alpha value is -3.02. The highest BCUT2D eigenvalue weighted by Crippen LogP contribution is 2.26. The fourth-order valence-electron chi connectivity index (χ4n) is 2.18. The van der Waals surface area contributed by atoms with Gasteiger partial charge in [-0.3, -0.25) is 4.79 Å². The predicted molar refractivity (Wildman–Crippen MR) is 94.3 cm³/mol. The number of esters is 1. The molecule has 0 aliphatic rings. The molecule has 0 atom stereocenters. The van der Waals surface area contributed by atoms with Gasteiger partial charge in [-0.2, -0.15) is 0 Å². The molecular formula is C19H21NO5. The van der Waals surface area contributed by atoms with Crippen LogP contribution in [0.5, 0.6) is 11.5 Å². The molecule has 2 rings (SSSR count). The Balaban J connectivity index is 2.02. The number of methoxy groups -OCH3 is 1. The molecule has 6 nitrogen and oxygen atoms in total. The van der Waals surface area contributed by atoms with Gasteiger partial charge in [0, 0.05) is 5.69 Å². The van der Waals surface area contributed by atoms with Crippen LogP contribution in [0.4, 0.5) is 5.69 Å². The summed E-state index contributed by atoms with van der Waals surface area (Å²) in [5.41, 5.74) is 1.73. The van der Waals surface area contributed by atoms with Crippen LogP contribution in [-0.2, 0) is 9.53 Å². The van der Waals surface area contributed by atoms with Gasteiger partial charge in [-0.25, -0.2) is 4.79 Å². The standard InChI is InChI=1S/C19H21NO5/c1-4-24-16-7-5-6-8-17(16)25-12-18(21)20-15-11-14(19(22)23-3)10-9-13(15)2/h5-11H,4,12H2,1-3H3,(H,20,21). The first kappa shape index (κ1) is 18.3. The maximum absolute atomic E-state index is 12.2. The van der Waals surface area contributed by atoms with Crippen LogP contribution >= 0.6 is 0 Å². The van der Waals surface area contributed by atoms with Crippen molar-refractivity contribution in [2.75, 3.05) is 25.6 Å². The third kappa shape index (κ3) is 4.97. The Bertz CT molecular complexity index is 757. The zero-order valence-corrected chi connectivity index (χ0v) is 14.5. The van der Waals surface area contributed by atoms with Crippen molar-refractivity contribution >= 4 is 17.6 Å². The van der Waals surface area contributed by atoms with E-state index in [0.29, 0.717) is 29.4 Å². The largest absolute Gasteiger partial charge is 0.490 e. The molecule has 0 unspecified atom stereocenters. The van der Waals surface area contributed by atoms with Gasteiger partial charge in [-0.05, 0) is 43.7 Å². The van der Waals surface area contributed by atoms with Crippen molar-refractivity contribution in [2.45, 2.75) is 13.8 Å². The molecule has 0 aliphatic carbocycles. The van der Waals surface area contributed by atoms with Gasteiger partial charge in [0.1, 0.15) is 0 Å². The zero-order valence-electron chi connectivity index (χ0n) is 14.5. The highest BCUT2D eigenvalue weighted by atomic mass is 16.5. The number of para-hydroxylation sites is 2. The summed E-state index contributed by atoms with van der Waals surface area (Å²) in [6.07, 6.45) is 0. The van der Waals surface area contributed by atoms with Crippen molar-refractivity contribution in [1.29, 1.82) is 0 Å². The summed E-state index contributed by atoms with van der Waals surface area (Å²) < 4.78 is 15.7. The molecule has 1 amide bonds. The summed E-state index contributed by atoms with van der Waals surface area (Å²) in [6.45, 7) is 4.04. The van der Waals surface area contributed by atoms with Gasteiger partial charge >= 0.3 is 5.97 Å². The lowest BCUT2D eigenvalue weighted by molar-refractivity contribution is -0.118. The number of amides is 1. The van der Waals surface area contributed by atoms with Gasteiger partial charge in [-0.15, -0.1) is 0 Å². The molecule has 6 heteroatoms. The van der Waals surface area contributed by atoms with E-state index in [4.69, 9.17) is 9.47 Å². The fourth-order valence-corrected chi connectivity index (χ4v) is 2.18. The van der Waals surface area contributed by atoms with Crippen molar-refractivity contribution in [3.63, 3.8) is 0 Å². The van der Waals surface area contributed by atoms with Crippen LogP contribution in [0.3, 0.4) is 0 Å². The van der Waals surface area contributed by atoms with Crippen LogP contribution in [0, 0.1) is 6.92 Å². The molecule has 0 bridgehead atoms. The second kappa shape index (κ2) is 8.73. The van der Waals surface area contributed by atoms with Crippen molar-refractivity contribution in [1.82, 2.24) is 0 Å². The Morgan fingerprint density at radius 3 is 2.36 bits per heavy atom. The smallest absolute Gasteiger partial charge is 0.337 e. The van der Waals surface area contributed by atoms with E-state index in [-0.39, 0.29) is 12.5 Å². The number of ether oxygens (including phenoxy) is 3. The number of carbonyl (C=O) groups is 2. The normalized spacial score (nSPS) is 10.0. The lowest BCUT2D eigenvalue weighted by Gasteiger charge is -2.13. The lowest BCUT2D eigenvalue weighted by Crippen LogP contribution is -2.21. The topological polar surface area (TPSA) is 73.9 Å². The minimum absolute atomic E-state index is 0.175. The molecular weight excluding hydrogens is 322 g/mol. The summed E-state index contributed by atoms with van der Waals surface area (Å²) >= 11 is 0. The number of anilines is 1. The number of hydrogen-bond acceptors (Lipinski definition) is 5. The average Bonchev–Trinajstić information content (AvgIpc) is 2.62. The van der Waals surface area contributed by atoms with E-state index in [1.807, 2.05) is 19.9 Å². The second-order valence-corrected chi connectivity index (χ2v) is 5.24. The van der Waals surface area contributed by atoms with Crippen LogP contribution in [-0.4, -0.2) is 32.2 Å². The zero-order chi connectivity index (χ0) is 18.2. The van der Waals surface area contributed by atoms with Crippen molar-refractivity contribution in [3.8, 4) is 11.5 Å². The summed E-state index contributed by atoms with van der Waals surface area (Å²) in [5.74, 6) is 0.287. The fraction of sp³-hybridized carbons (Fsp3) is 0.263. The number of aryl methyl sites for hydroxylation is 1. The molecule has 0 saturated heterocycles. The van der Waals surface area contributed by atoms with E-state index < -0.39 is 5.97 Å². The highest BCUT2D eigenvalue weighted by Gasteiger charge is 2.12. The monoisotopic (exact) mass is 343 g/mol. The van der Waals surface area contributed by atoms with Crippen molar-refractivity contribution < 1.29 is 23.8 Å². The molecule has 0 fully saturated rings. The molecule has 0 heterocycles. The number of rotatable bonds is 7. The summed E-state index contributed by atoms with van der Waals surface area (Å²) in [7, 11) is 1.31. The summed E-state index contributed by atoms with van der Waals surface area (Å²) in [5, 5.41) is 2.74. The van der Waals surface area contributed by atoms with Crippen LogP contribution < -0.4 is 14.8 Å². The van der Waals surface area contributed by atoms with E-state index in [1.165, 1.54) is 7.11 Å². The third-order valence-corrected chi connectivity index (χ3v) is 3.44. The van der Waals surface area contributed by atoms with E-state index >= 15 is 0 Å². The first-order valence-electron chi connectivity index (χ1n) is 7.88. The maximum atomic E-state index is 12.2. The Labute approximate surface area is 146 Å². The second-order valence-electron chi connectivity index (χ2n) is 5.24.